The number of nitrogens with one attached hydrogen (secondary N) is 1. The number of rotatable bonds is 7. The molecule has 0 radical (unpaired) electrons. The molecule has 0 saturated heterocycles. The molecule has 1 N–H and O–H groups in total. The van der Waals surface area contributed by atoms with Crippen LogP contribution in [0.1, 0.15) is 65.2 Å². The van der Waals surface area contributed by atoms with E-state index in [0.717, 1.165) is 32.1 Å². The van der Waals surface area contributed by atoms with E-state index in [0.29, 0.717) is 17.8 Å². The Morgan fingerprint density at radius 2 is 2.06 bits per heavy atom. The first-order chi connectivity index (χ1) is 8.72. The van der Waals surface area contributed by atoms with E-state index in [4.69, 9.17) is 11.6 Å². The van der Waals surface area contributed by atoms with Crippen LogP contribution in [0.25, 0.3) is 0 Å². The van der Waals surface area contributed by atoms with Gasteiger partial charge in [0, 0.05) is 17.8 Å². The van der Waals surface area contributed by atoms with Crippen LogP contribution < -0.4 is 5.32 Å². The minimum atomic E-state index is 0.197. The lowest BCUT2D eigenvalue weighted by Crippen LogP contribution is -2.45. The van der Waals surface area contributed by atoms with E-state index in [1.165, 1.54) is 19.3 Å². The number of alkyl halides is 1. The van der Waals surface area contributed by atoms with E-state index >= 15 is 0 Å². The third kappa shape index (κ3) is 4.79. The van der Waals surface area contributed by atoms with E-state index in [1.54, 1.807) is 0 Å². The van der Waals surface area contributed by atoms with Gasteiger partial charge in [-0.25, -0.2) is 0 Å². The topological polar surface area (TPSA) is 29.1 Å². The molecule has 0 aromatic rings. The molecular formula is C15H28ClNO. The fourth-order valence-corrected chi connectivity index (χ4v) is 3.22. The monoisotopic (exact) mass is 273 g/mol. The summed E-state index contributed by atoms with van der Waals surface area (Å²) >= 11 is 6.00. The zero-order valence-corrected chi connectivity index (χ0v) is 12.6. The maximum Gasteiger partial charge on any atom is 0.223 e. The van der Waals surface area contributed by atoms with Crippen molar-refractivity contribution in [3.8, 4) is 0 Å². The molecule has 0 spiro atoms. The second-order valence-electron chi connectivity index (χ2n) is 5.56. The Morgan fingerprint density at radius 3 is 2.67 bits per heavy atom. The average Bonchev–Trinajstić information content (AvgIpc) is 2.40. The molecule has 1 aliphatic carbocycles. The zero-order chi connectivity index (χ0) is 13.4. The van der Waals surface area contributed by atoms with Crippen LogP contribution in [0, 0.1) is 11.8 Å². The van der Waals surface area contributed by atoms with Gasteiger partial charge in [0.05, 0.1) is 0 Å². The molecule has 3 heteroatoms. The number of unbranched alkanes of at least 4 members (excludes halogenated alkanes) is 1. The molecule has 3 atom stereocenters. The highest BCUT2D eigenvalue weighted by Crippen LogP contribution is 2.26. The molecule has 0 heterocycles. The van der Waals surface area contributed by atoms with E-state index in [2.05, 4.69) is 19.2 Å². The van der Waals surface area contributed by atoms with Gasteiger partial charge in [-0.05, 0) is 31.6 Å². The summed E-state index contributed by atoms with van der Waals surface area (Å²) in [6.45, 7) is 4.29. The van der Waals surface area contributed by atoms with E-state index in [-0.39, 0.29) is 11.8 Å². The highest BCUT2D eigenvalue weighted by Gasteiger charge is 2.27. The molecule has 18 heavy (non-hydrogen) atoms. The summed E-state index contributed by atoms with van der Waals surface area (Å²) in [4.78, 5) is 12.3. The summed E-state index contributed by atoms with van der Waals surface area (Å²) in [5.74, 6) is 1.61. The van der Waals surface area contributed by atoms with Gasteiger partial charge in [0.15, 0.2) is 0 Å². The molecule has 1 amide bonds. The Hall–Kier alpha value is -0.240. The van der Waals surface area contributed by atoms with Gasteiger partial charge in [-0.15, -0.1) is 11.6 Å². The summed E-state index contributed by atoms with van der Waals surface area (Å²) in [6, 6.07) is 0.319. The van der Waals surface area contributed by atoms with E-state index in [1.807, 2.05) is 0 Å². The fourth-order valence-electron chi connectivity index (χ4n) is 2.85. The molecular weight excluding hydrogens is 246 g/mol. The lowest BCUT2D eigenvalue weighted by atomic mass is 9.85. The number of halogens is 1. The van der Waals surface area contributed by atoms with Gasteiger partial charge < -0.3 is 5.32 Å². The van der Waals surface area contributed by atoms with Crippen molar-refractivity contribution in [2.24, 2.45) is 11.8 Å². The molecule has 1 rings (SSSR count). The van der Waals surface area contributed by atoms with Crippen LogP contribution >= 0.6 is 11.6 Å². The molecule has 1 fully saturated rings. The predicted molar refractivity (Wildman–Crippen MR) is 77.9 cm³/mol. The Balaban J connectivity index is 2.45. The smallest absolute Gasteiger partial charge is 0.223 e. The first-order valence-electron chi connectivity index (χ1n) is 7.59. The summed E-state index contributed by atoms with van der Waals surface area (Å²) in [5.41, 5.74) is 0. The van der Waals surface area contributed by atoms with Crippen LogP contribution in [0.2, 0.25) is 0 Å². The van der Waals surface area contributed by atoms with E-state index < -0.39 is 0 Å². The van der Waals surface area contributed by atoms with Crippen LogP contribution in [0.15, 0.2) is 0 Å². The zero-order valence-electron chi connectivity index (χ0n) is 11.9. The molecule has 1 aliphatic rings. The molecule has 2 nitrogen and oxygen atoms in total. The van der Waals surface area contributed by atoms with Crippen molar-refractivity contribution in [1.82, 2.24) is 5.32 Å². The molecule has 1 saturated carbocycles. The number of amides is 1. The fraction of sp³-hybridized carbons (Fsp3) is 0.933. The SMILES string of the molecule is CCCCC(CC)C(=O)NC1CCCCC1CCl. The van der Waals surface area contributed by atoms with Gasteiger partial charge in [0.25, 0.3) is 0 Å². The largest absolute Gasteiger partial charge is 0.353 e. The first-order valence-corrected chi connectivity index (χ1v) is 8.12. The number of hydrogen-bond acceptors (Lipinski definition) is 1. The number of carbonyl (C=O) groups is 1. The minimum absolute atomic E-state index is 0.197. The van der Waals surface area contributed by atoms with Crippen molar-refractivity contribution in [1.29, 1.82) is 0 Å². The van der Waals surface area contributed by atoms with Gasteiger partial charge in [-0.2, -0.15) is 0 Å². The Morgan fingerprint density at radius 1 is 1.33 bits per heavy atom. The van der Waals surface area contributed by atoms with Crippen LogP contribution in [0.5, 0.6) is 0 Å². The summed E-state index contributed by atoms with van der Waals surface area (Å²) in [5, 5.41) is 3.26. The Labute approximate surface area is 117 Å². The molecule has 0 bridgehead atoms. The van der Waals surface area contributed by atoms with Crippen molar-refractivity contribution < 1.29 is 4.79 Å². The van der Waals surface area contributed by atoms with Gasteiger partial charge in [-0.1, -0.05) is 39.5 Å². The molecule has 0 aromatic heterocycles. The van der Waals surface area contributed by atoms with Crippen LogP contribution in [0.3, 0.4) is 0 Å². The summed E-state index contributed by atoms with van der Waals surface area (Å²) < 4.78 is 0. The van der Waals surface area contributed by atoms with Crippen LogP contribution in [-0.2, 0) is 4.79 Å². The maximum absolute atomic E-state index is 12.3. The van der Waals surface area contributed by atoms with Crippen molar-refractivity contribution in [3.05, 3.63) is 0 Å². The molecule has 0 aliphatic heterocycles. The van der Waals surface area contributed by atoms with Crippen LogP contribution in [-0.4, -0.2) is 17.8 Å². The van der Waals surface area contributed by atoms with Gasteiger partial charge in [0.2, 0.25) is 5.91 Å². The van der Waals surface area contributed by atoms with Gasteiger partial charge in [0.1, 0.15) is 0 Å². The third-order valence-electron chi connectivity index (χ3n) is 4.20. The molecule has 3 unspecified atom stereocenters. The van der Waals surface area contributed by atoms with Crippen molar-refractivity contribution >= 4 is 17.5 Å². The second-order valence-corrected chi connectivity index (χ2v) is 5.87. The number of hydrogen-bond donors (Lipinski definition) is 1. The van der Waals surface area contributed by atoms with Crippen LogP contribution in [0.4, 0.5) is 0 Å². The molecule has 0 aromatic carbocycles. The standard InChI is InChI=1S/C15H28ClNO/c1-3-5-8-12(4-2)15(18)17-14-10-7-6-9-13(14)11-16/h12-14H,3-11H2,1-2H3,(H,17,18). The van der Waals surface area contributed by atoms with Crippen molar-refractivity contribution in [3.63, 3.8) is 0 Å². The summed E-state index contributed by atoms with van der Waals surface area (Å²) in [7, 11) is 0. The van der Waals surface area contributed by atoms with Crippen molar-refractivity contribution in [2.75, 3.05) is 5.88 Å². The average molecular weight is 274 g/mol. The third-order valence-corrected chi connectivity index (χ3v) is 4.60. The molecule has 106 valence electrons. The highest BCUT2D eigenvalue weighted by atomic mass is 35.5. The second kappa shape index (κ2) is 8.79. The lowest BCUT2D eigenvalue weighted by Gasteiger charge is -2.32. The van der Waals surface area contributed by atoms with Crippen molar-refractivity contribution in [2.45, 2.75) is 71.3 Å². The lowest BCUT2D eigenvalue weighted by molar-refractivity contribution is -0.126. The maximum atomic E-state index is 12.3. The Kier molecular flexibility index (Phi) is 7.73. The first kappa shape index (κ1) is 15.8. The Bertz CT molecular complexity index is 245. The number of carbonyl (C=O) groups excluding carboxylic acids is 1. The van der Waals surface area contributed by atoms with E-state index in [9.17, 15) is 4.79 Å². The normalized spacial score (nSPS) is 25.7. The predicted octanol–water partition coefficient (Wildman–Crippen LogP) is 4.12. The van der Waals surface area contributed by atoms with Gasteiger partial charge in [-0.3, -0.25) is 4.79 Å². The minimum Gasteiger partial charge on any atom is -0.353 e. The quantitative estimate of drug-likeness (QED) is 0.695. The highest BCUT2D eigenvalue weighted by molar-refractivity contribution is 6.18. The van der Waals surface area contributed by atoms with Gasteiger partial charge >= 0.3 is 0 Å². The summed E-state index contributed by atoms with van der Waals surface area (Å²) in [6.07, 6.45) is 9.04.